The monoisotopic (exact) mass is 537 g/mol. The molecule has 3 fully saturated rings. The van der Waals surface area contributed by atoms with E-state index in [1.807, 2.05) is 6.07 Å². The van der Waals surface area contributed by atoms with Crippen LogP contribution in [-0.2, 0) is 0 Å². The normalized spacial score (nSPS) is 42.8. The number of carboxylic acids is 1. The molecule has 210 valence electrons. The number of carboxylic acid groups (broad SMARTS) is 1. The van der Waals surface area contributed by atoms with Gasteiger partial charge >= 0.3 is 5.97 Å². The van der Waals surface area contributed by atoms with Crippen molar-refractivity contribution in [1.82, 2.24) is 0 Å². The first-order chi connectivity index (χ1) is 17.7. The number of rotatable bonds is 3. The maximum absolute atomic E-state index is 11.6. The van der Waals surface area contributed by atoms with Gasteiger partial charge in [-0.25, -0.2) is 4.79 Å². The molecule has 4 heteroatoms. The van der Waals surface area contributed by atoms with Crippen LogP contribution < -0.4 is 5.73 Å². The van der Waals surface area contributed by atoms with Crippen molar-refractivity contribution in [3.8, 4) is 0 Å². The second-order valence-corrected chi connectivity index (χ2v) is 16.0. The lowest BCUT2D eigenvalue weighted by molar-refractivity contribution is -0.194. The Bertz CT molecular complexity index is 1130. The van der Waals surface area contributed by atoms with E-state index in [0.29, 0.717) is 39.5 Å². The molecule has 1 aromatic rings. The molecular weight excluding hydrogens is 486 g/mol. The van der Waals surface area contributed by atoms with E-state index in [4.69, 9.17) is 5.73 Å². The van der Waals surface area contributed by atoms with Gasteiger partial charge in [0.2, 0.25) is 0 Å². The summed E-state index contributed by atoms with van der Waals surface area (Å²) in [5.74, 6) is 1.84. The number of hydrogen-bond acceptors (Lipinski definition) is 3. The summed E-state index contributed by atoms with van der Waals surface area (Å²) in [6.07, 6.45) is 14.9. The van der Waals surface area contributed by atoms with Crippen LogP contribution in [0.4, 0.5) is 0 Å². The van der Waals surface area contributed by atoms with E-state index >= 15 is 0 Å². The zero-order chi connectivity index (χ0) is 27.7. The zero-order valence-corrected chi connectivity index (χ0v) is 25.6. The van der Waals surface area contributed by atoms with Gasteiger partial charge in [0, 0.05) is 10.9 Å². The number of aromatic carboxylic acids is 1. The second-order valence-electron chi connectivity index (χ2n) is 14.9. The van der Waals surface area contributed by atoms with E-state index in [-0.39, 0.29) is 10.8 Å². The molecular formula is C34H51NO2S. The van der Waals surface area contributed by atoms with Gasteiger partial charge in [0.15, 0.2) is 0 Å². The van der Waals surface area contributed by atoms with Crippen LogP contribution in [0.25, 0.3) is 5.57 Å². The van der Waals surface area contributed by atoms with Gasteiger partial charge in [0.25, 0.3) is 0 Å². The van der Waals surface area contributed by atoms with Crippen molar-refractivity contribution in [3.05, 3.63) is 40.1 Å². The third-order valence-electron chi connectivity index (χ3n) is 12.9. The predicted octanol–water partition coefficient (Wildman–Crippen LogP) is 9.20. The fourth-order valence-electron chi connectivity index (χ4n) is 10.5. The average molecular weight is 538 g/mol. The quantitative estimate of drug-likeness (QED) is 0.378. The highest BCUT2D eigenvalue weighted by Crippen LogP contribution is 2.74. The molecule has 4 aliphatic carbocycles. The molecule has 0 saturated heterocycles. The standard InChI is InChI=1S/C34H51NO2S/c1-21(2)22-8-10-24(35)14-18-33(6)23(20-22)9-13-29-32(5)17-15-25(26-11-12-27(38-26)30(36)37)31(3,4)28(32)16-19-34(29,33)7/h11-12,15,22-24,28-29H,1,8-10,13-14,16-20,35H2,2-7H3,(H,36,37). The summed E-state index contributed by atoms with van der Waals surface area (Å²) >= 11 is 1.45. The fourth-order valence-corrected chi connectivity index (χ4v) is 11.5. The molecule has 0 spiro atoms. The number of thiophene rings is 1. The minimum Gasteiger partial charge on any atom is -0.477 e. The van der Waals surface area contributed by atoms with Crippen molar-refractivity contribution in [2.24, 2.45) is 51.1 Å². The van der Waals surface area contributed by atoms with Gasteiger partial charge in [0.05, 0.1) is 0 Å². The largest absolute Gasteiger partial charge is 0.477 e. The van der Waals surface area contributed by atoms with Crippen molar-refractivity contribution < 1.29 is 9.90 Å². The third-order valence-corrected chi connectivity index (χ3v) is 14.0. The van der Waals surface area contributed by atoms with E-state index in [9.17, 15) is 9.90 Å². The average Bonchev–Trinajstić information content (AvgIpc) is 3.33. The molecule has 8 unspecified atom stereocenters. The highest BCUT2D eigenvalue weighted by molar-refractivity contribution is 7.15. The van der Waals surface area contributed by atoms with E-state index in [0.717, 1.165) is 30.1 Å². The van der Waals surface area contributed by atoms with Crippen LogP contribution in [0.3, 0.4) is 0 Å². The van der Waals surface area contributed by atoms with Crippen LogP contribution in [-0.4, -0.2) is 17.1 Å². The molecule has 3 saturated carbocycles. The summed E-state index contributed by atoms with van der Waals surface area (Å²) in [5, 5.41) is 9.53. The first-order valence-electron chi connectivity index (χ1n) is 15.2. The first-order valence-corrected chi connectivity index (χ1v) is 16.0. The molecule has 4 aliphatic rings. The van der Waals surface area contributed by atoms with Crippen molar-refractivity contribution in [2.75, 3.05) is 0 Å². The summed E-state index contributed by atoms with van der Waals surface area (Å²) in [5.41, 5.74) is 10.3. The molecule has 0 bridgehead atoms. The number of hydrogen-bond donors (Lipinski definition) is 2. The van der Waals surface area contributed by atoms with Gasteiger partial charge in [-0.2, -0.15) is 0 Å². The van der Waals surface area contributed by atoms with Crippen LogP contribution in [0.2, 0.25) is 0 Å². The predicted molar refractivity (Wildman–Crippen MR) is 160 cm³/mol. The molecule has 38 heavy (non-hydrogen) atoms. The van der Waals surface area contributed by atoms with Crippen LogP contribution >= 0.6 is 11.3 Å². The summed E-state index contributed by atoms with van der Waals surface area (Å²) < 4.78 is 0. The third kappa shape index (κ3) is 4.19. The molecule has 0 amide bonds. The molecule has 5 rings (SSSR count). The van der Waals surface area contributed by atoms with Crippen LogP contribution in [0.5, 0.6) is 0 Å². The Morgan fingerprint density at radius 2 is 1.68 bits per heavy atom. The molecule has 8 atom stereocenters. The van der Waals surface area contributed by atoms with Gasteiger partial charge in [0.1, 0.15) is 4.88 Å². The maximum atomic E-state index is 11.6. The van der Waals surface area contributed by atoms with Gasteiger partial charge in [-0.1, -0.05) is 52.8 Å². The lowest BCUT2D eigenvalue weighted by Crippen LogP contribution is -2.62. The lowest BCUT2D eigenvalue weighted by Gasteiger charge is -2.70. The summed E-state index contributed by atoms with van der Waals surface area (Å²) in [6.45, 7) is 19.5. The number of allylic oxidation sites excluding steroid dienone is 3. The van der Waals surface area contributed by atoms with Gasteiger partial charge < -0.3 is 10.8 Å². The highest BCUT2D eigenvalue weighted by atomic mass is 32.1. The topological polar surface area (TPSA) is 63.3 Å². The van der Waals surface area contributed by atoms with Crippen LogP contribution in [0, 0.1) is 45.3 Å². The zero-order valence-electron chi connectivity index (χ0n) is 24.7. The summed E-state index contributed by atoms with van der Waals surface area (Å²) in [6, 6.07) is 4.14. The molecule has 1 aromatic heterocycles. The van der Waals surface area contributed by atoms with Gasteiger partial charge in [-0.15, -0.1) is 11.3 Å². The first kappa shape index (κ1) is 28.1. The van der Waals surface area contributed by atoms with Gasteiger partial charge in [-0.05, 0) is 134 Å². The molecule has 1 heterocycles. The minimum absolute atomic E-state index is 0.0263. The van der Waals surface area contributed by atoms with Gasteiger partial charge in [-0.3, -0.25) is 0 Å². The number of fused-ring (bicyclic) bond motifs is 5. The lowest BCUT2D eigenvalue weighted by atomic mass is 9.35. The molecule has 0 aliphatic heterocycles. The molecule has 3 nitrogen and oxygen atoms in total. The highest BCUT2D eigenvalue weighted by Gasteiger charge is 2.65. The number of carbonyl (C=O) groups is 1. The smallest absolute Gasteiger partial charge is 0.345 e. The molecule has 3 N–H and O–H groups in total. The van der Waals surface area contributed by atoms with Crippen LogP contribution in [0.1, 0.15) is 120 Å². The van der Waals surface area contributed by atoms with Crippen molar-refractivity contribution in [2.45, 2.75) is 112 Å². The van der Waals surface area contributed by atoms with E-state index in [2.05, 4.69) is 54.2 Å². The van der Waals surface area contributed by atoms with Crippen molar-refractivity contribution >= 4 is 22.9 Å². The molecule has 0 radical (unpaired) electrons. The number of nitrogens with two attached hydrogens (primary N) is 1. The van der Waals surface area contributed by atoms with Crippen LogP contribution in [0.15, 0.2) is 30.4 Å². The Labute approximate surface area is 235 Å². The Kier molecular flexibility index (Phi) is 7.12. The Morgan fingerprint density at radius 1 is 0.974 bits per heavy atom. The Morgan fingerprint density at radius 3 is 2.34 bits per heavy atom. The second kappa shape index (κ2) is 9.61. The fraction of sp³-hybridized carbons (Fsp3) is 0.735. The van der Waals surface area contributed by atoms with E-state index in [1.54, 1.807) is 6.07 Å². The summed E-state index contributed by atoms with van der Waals surface area (Å²) in [4.78, 5) is 13.2. The van der Waals surface area contributed by atoms with Crippen molar-refractivity contribution in [1.29, 1.82) is 0 Å². The van der Waals surface area contributed by atoms with E-state index in [1.165, 1.54) is 67.4 Å². The summed E-state index contributed by atoms with van der Waals surface area (Å²) in [7, 11) is 0. The maximum Gasteiger partial charge on any atom is 0.345 e. The Balaban J connectivity index is 1.51. The van der Waals surface area contributed by atoms with E-state index < -0.39 is 5.97 Å². The molecule has 0 aromatic carbocycles. The minimum atomic E-state index is -0.817. The SMILES string of the molecule is C=C(C)C1CCC(N)CCC2(C)C(CCC3C4(C)CC=C(c5ccc(C(=O)O)s5)C(C)(C)C4CCC32C)C1. The Hall–Kier alpha value is -1.39. The van der Waals surface area contributed by atoms with Crippen molar-refractivity contribution in [3.63, 3.8) is 0 Å².